The topological polar surface area (TPSA) is 75.6 Å². The summed E-state index contributed by atoms with van der Waals surface area (Å²) >= 11 is 0. The Morgan fingerprint density at radius 1 is 1.27 bits per heavy atom. The van der Waals surface area contributed by atoms with Crippen LogP contribution in [0.1, 0.15) is 47.2 Å². The number of aromatic carboxylic acids is 1. The van der Waals surface area contributed by atoms with Crippen molar-refractivity contribution < 1.29 is 19.4 Å². The van der Waals surface area contributed by atoms with Crippen LogP contribution in [0.25, 0.3) is 0 Å². The molecule has 1 aromatic carbocycles. The maximum atomic E-state index is 12.6. The Bertz CT molecular complexity index is 591. The number of anilines is 1. The minimum atomic E-state index is -0.981. The number of ether oxygens (including phenoxy) is 1. The third-order valence-electron chi connectivity index (χ3n) is 4.63. The van der Waals surface area contributed by atoms with E-state index in [0.717, 1.165) is 24.8 Å². The van der Waals surface area contributed by atoms with Gasteiger partial charge in [-0.15, -0.1) is 0 Å². The van der Waals surface area contributed by atoms with Crippen LogP contribution in [0.5, 0.6) is 0 Å². The van der Waals surface area contributed by atoms with Crippen molar-refractivity contribution in [3.63, 3.8) is 0 Å². The van der Waals surface area contributed by atoms with Crippen molar-refractivity contribution in [1.82, 2.24) is 0 Å². The highest BCUT2D eigenvalue weighted by Gasteiger charge is 2.43. The quantitative estimate of drug-likeness (QED) is 0.846. The molecule has 1 saturated carbocycles. The number of carbonyl (C=O) groups is 2. The van der Waals surface area contributed by atoms with Crippen LogP contribution in [-0.2, 0) is 9.53 Å². The molecule has 1 fully saturated rings. The van der Waals surface area contributed by atoms with Crippen LogP contribution in [0, 0.1) is 19.3 Å². The standard InChI is InChI=1S/C17H23NO4/c1-11-9-12(2)14(10-13(11)15(19)20)18-16(21)17(5-4-6-17)7-8-22-3/h9-10H,4-8H2,1-3H3,(H,18,21)(H,19,20). The van der Waals surface area contributed by atoms with Crippen LogP contribution < -0.4 is 5.32 Å². The number of carboxylic acids is 1. The minimum Gasteiger partial charge on any atom is -0.478 e. The first-order chi connectivity index (χ1) is 10.4. The third kappa shape index (κ3) is 3.14. The summed E-state index contributed by atoms with van der Waals surface area (Å²) in [7, 11) is 1.63. The summed E-state index contributed by atoms with van der Waals surface area (Å²) in [5.41, 5.74) is 2.01. The Morgan fingerprint density at radius 2 is 1.95 bits per heavy atom. The molecule has 0 spiro atoms. The van der Waals surface area contributed by atoms with Gasteiger partial charge < -0.3 is 15.2 Å². The van der Waals surface area contributed by atoms with Gasteiger partial charge in [-0.05, 0) is 50.3 Å². The molecule has 0 atom stereocenters. The van der Waals surface area contributed by atoms with E-state index in [1.54, 1.807) is 26.2 Å². The molecule has 120 valence electrons. The van der Waals surface area contributed by atoms with Gasteiger partial charge in [-0.3, -0.25) is 4.79 Å². The highest BCUT2D eigenvalue weighted by molar-refractivity contribution is 5.98. The van der Waals surface area contributed by atoms with E-state index in [1.807, 2.05) is 6.92 Å². The molecule has 2 N–H and O–H groups in total. The summed E-state index contributed by atoms with van der Waals surface area (Å²) in [5, 5.41) is 12.1. The molecular formula is C17H23NO4. The second-order valence-electron chi connectivity index (χ2n) is 6.12. The smallest absolute Gasteiger partial charge is 0.336 e. The molecule has 0 aliphatic heterocycles. The summed E-state index contributed by atoms with van der Waals surface area (Å²) < 4.78 is 5.11. The van der Waals surface area contributed by atoms with Crippen molar-refractivity contribution in [3.05, 3.63) is 28.8 Å². The van der Waals surface area contributed by atoms with Gasteiger partial charge in [0.1, 0.15) is 0 Å². The fourth-order valence-corrected chi connectivity index (χ4v) is 2.96. The summed E-state index contributed by atoms with van der Waals surface area (Å²) in [6.45, 7) is 4.19. The molecule has 0 aromatic heterocycles. The maximum absolute atomic E-state index is 12.6. The Kier molecular flexibility index (Phi) is 4.86. The highest BCUT2D eigenvalue weighted by Crippen LogP contribution is 2.45. The number of nitrogens with one attached hydrogen (secondary N) is 1. The van der Waals surface area contributed by atoms with E-state index in [0.29, 0.717) is 24.3 Å². The summed E-state index contributed by atoms with van der Waals surface area (Å²) in [5.74, 6) is -1.01. The van der Waals surface area contributed by atoms with Crippen LogP contribution in [0.15, 0.2) is 12.1 Å². The van der Waals surface area contributed by atoms with Gasteiger partial charge in [-0.25, -0.2) is 4.79 Å². The van der Waals surface area contributed by atoms with Crippen LogP contribution in [0.2, 0.25) is 0 Å². The molecule has 5 nitrogen and oxygen atoms in total. The molecule has 0 radical (unpaired) electrons. The van der Waals surface area contributed by atoms with Gasteiger partial charge in [0.25, 0.3) is 0 Å². The highest BCUT2D eigenvalue weighted by atomic mass is 16.5. The Morgan fingerprint density at radius 3 is 2.45 bits per heavy atom. The van der Waals surface area contributed by atoms with Gasteiger partial charge in [0.15, 0.2) is 0 Å². The maximum Gasteiger partial charge on any atom is 0.336 e. The van der Waals surface area contributed by atoms with Crippen molar-refractivity contribution in [2.24, 2.45) is 5.41 Å². The molecule has 5 heteroatoms. The largest absolute Gasteiger partial charge is 0.478 e. The Hall–Kier alpha value is -1.88. The zero-order chi connectivity index (χ0) is 16.3. The van der Waals surface area contributed by atoms with E-state index in [9.17, 15) is 14.7 Å². The SMILES string of the molecule is COCCC1(C(=O)Nc2cc(C(=O)O)c(C)cc2C)CCC1. The lowest BCUT2D eigenvalue weighted by Gasteiger charge is -2.40. The molecule has 0 unspecified atom stereocenters. The number of methoxy groups -OCH3 is 1. The molecule has 2 rings (SSSR count). The summed E-state index contributed by atoms with van der Waals surface area (Å²) in [6, 6.07) is 3.34. The van der Waals surface area contributed by atoms with Gasteiger partial charge in [0.2, 0.25) is 5.91 Å². The van der Waals surface area contributed by atoms with E-state index in [4.69, 9.17) is 4.74 Å². The second-order valence-corrected chi connectivity index (χ2v) is 6.12. The monoisotopic (exact) mass is 305 g/mol. The molecule has 1 aliphatic carbocycles. The predicted molar refractivity (Wildman–Crippen MR) is 84.3 cm³/mol. The second kappa shape index (κ2) is 6.48. The summed E-state index contributed by atoms with van der Waals surface area (Å²) in [4.78, 5) is 23.9. The molecule has 1 aromatic rings. The number of aryl methyl sites for hydroxylation is 2. The lowest BCUT2D eigenvalue weighted by atomic mass is 9.66. The van der Waals surface area contributed by atoms with Gasteiger partial charge in [-0.1, -0.05) is 12.5 Å². The first-order valence-corrected chi connectivity index (χ1v) is 7.54. The van der Waals surface area contributed by atoms with E-state index < -0.39 is 5.97 Å². The molecule has 0 saturated heterocycles. The van der Waals surface area contributed by atoms with Gasteiger partial charge in [-0.2, -0.15) is 0 Å². The number of rotatable bonds is 6. The molecule has 1 amide bonds. The van der Waals surface area contributed by atoms with Crippen LogP contribution in [0.4, 0.5) is 5.69 Å². The lowest BCUT2D eigenvalue weighted by Crippen LogP contribution is -2.43. The predicted octanol–water partition coefficient (Wildman–Crippen LogP) is 3.15. The Labute approximate surface area is 130 Å². The van der Waals surface area contributed by atoms with E-state index in [-0.39, 0.29) is 16.9 Å². The Balaban J connectivity index is 2.21. The van der Waals surface area contributed by atoms with Crippen molar-refractivity contribution in [2.45, 2.75) is 39.5 Å². The van der Waals surface area contributed by atoms with Gasteiger partial charge in [0, 0.05) is 19.4 Å². The van der Waals surface area contributed by atoms with Gasteiger partial charge >= 0.3 is 5.97 Å². The van der Waals surface area contributed by atoms with E-state index in [1.165, 1.54) is 0 Å². The zero-order valence-electron chi connectivity index (χ0n) is 13.4. The minimum absolute atomic E-state index is 0.0286. The summed E-state index contributed by atoms with van der Waals surface area (Å²) in [6.07, 6.45) is 3.47. The van der Waals surface area contributed by atoms with Crippen molar-refractivity contribution in [2.75, 3.05) is 19.0 Å². The normalized spacial score (nSPS) is 16.0. The van der Waals surface area contributed by atoms with E-state index >= 15 is 0 Å². The number of hydrogen-bond donors (Lipinski definition) is 2. The van der Waals surface area contributed by atoms with E-state index in [2.05, 4.69) is 5.32 Å². The average molecular weight is 305 g/mol. The fourth-order valence-electron chi connectivity index (χ4n) is 2.96. The van der Waals surface area contributed by atoms with Crippen LogP contribution >= 0.6 is 0 Å². The molecular weight excluding hydrogens is 282 g/mol. The van der Waals surface area contributed by atoms with Crippen LogP contribution in [-0.4, -0.2) is 30.7 Å². The molecule has 0 heterocycles. The van der Waals surface area contributed by atoms with Crippen molar-refractivity contribution in [1.29, 1.82) is 0 Å². The first kappa shape index (κ1) is 16.5. The molecule has 1 aliphatic rings. The number of carbonyl (C=O) groups excluding carboxylic acids is 1. The van der Waals surface area contributed by atoms with Crippen molar-refractivity contribution in [3.8, 4) is 0 Å². The number of hydrogen-bond acceptors (Lipinski definition) is 3. The van der Waals surface area contributed by atoms with Gasteiger partial charge in [0.05, 0.1) is 11.0 Å². The lowest BCUT2D eigenvalue weighted by molar-refractivity contribution is -0.131. The first-order valence-electron chi connectivity index (χ1n) is 7.54. The number of carboxylic acid groups (broad SMARTS) is 1. The number of benzene rings is 1. The molecule has 22 heavy (non-hydrogen) atoms. The molecule has 0 bridgehead atoms. The third-order valence-corrected chi connectivity index (χ3v) is 4.63. The van der Waals surface area contributed by atoms with Crippen molar-refractivity contribution >= 4 is 17.6 Å². The zero-order valence-corrected chi connectivity index (χ0v) is 13.4. The fraction of sp³-hybridized carbons (Fsp3) is 0.529. The number of amides is 1. The average Bonchev–Trinajstić information content (AvgIpc) is 2.40. The van der Waals surface area contributed by atoms with Crippen LogP contribution in [0.3, 0.4) is 0 Å².